The van der Waals surface area contributed by atoms with Gasteiger partial charge in [0.25, 0.3) is 0 Å². The molecular weight excluding hydrogens is 200 g/mol. The quantitative estimate of drug-likeness (QED) is 0.720. The van der Waals surface area contributed by atoms with Crippen molar-refractivity contribution in [3.63, 3.8) is 0 Å². The molecule has 0 bridgehead atoms. The summed E-state index contributed by atoms with van der Waals surface area (Å²) in [6.07, 6.45) is -0.301. The lowest BCUT2D eigenvalue weighted by atomic mass is 10.0. The van der Waals surface area contributed by atoms with Crippen LogP contribution in [0.25, 0.3) is 0 Å². The van der Waals surface area contributed by atoms with E-state index in [0.29, 0.717) is 6.42 Å². The van der Waals surface area contributed by atoms with Gasteiger partial charge in [-0.05, 0) is 13.8 Å². The van der Waals surface area contributed by atoms with E-state index in [-0.39, 0.29) is 31.2 Å². The summed E-state index contributed by atoms with van der Waals surface area (Å²) in [5.74, 6) is -0.602. The molecule has 0 radical (unpaired) electrons. The second-order valence-corrected chi connectivity index (χ2v) is 4.40. The molecule has 5 nitrogen and oxygen atoms in total. The maximum absolute atomic E-state index is 9.21. The molecule has 2 aliphatic heterocycles. The van der Waals surface area contributed by atoms with E-state index in [1.165, 1.54) is 0 Å². The van der Waals surface area contributed by atoms with E-state index in [4.69, 9.17) is 18.9 Å². The van der Waals surface area contributed by atoms with Crippen LogP contribution < -0.4 is 0 Å². The maximum Gasteiger partial charge on any atom is 0.163 e. The number of aliphatic hydroxyl groups is 1. The minimum absolute atomic E-state index is 0.0594. The lowest BCUT2D eigenvalue weighted by Gasteiger charge is -2.34. The van der Waals surface area contributed by atoms with Crippen LogP contribution in [0.3, 0.4) is 0 Å². The minimum Gasteiger partial charge on any atom is -0.394 e. The van der Waals surface area contributed by atoms with Crippen molar-refractivity contribution in [1.29, 1.82) is 0 Å². The molecule has 2 aliphatic rings. The Morgan fingerprint density at radius 2 is 2.13 bits per heavy atom. The second-order valence-electron chi connectivity index (χ2n) is 4.40. The van der Waals surface area contributed by atoms with Crippen molar-refractivity contribution >= 4 is 0 Å². The normalized spacial score (nSPS) is 44.0. The highest BCUT2D eigenvalue weighted by Gasteiger charge is 2.49. The molecule has 0 spiro atoms. The van der Waals surface area contributed by atoms with Crippen molar-refractivity contribution < 1.29 is 24.1 Å². The number of ether oxygens (including phenoxy) is 4. The number of hydrogen-bond donors (Lipinski definition) is 1. The SMILES string of the molecule is COC1CC2OC(C)(C)OC2C(CO)O1. The third kappa shape index (κ3) is 2.16. The number of hydrogen-bond acceptors (Lipinski definition) is 5. The molecule has 2 fully saturated rings. The van der Waals surface area contributed by atoms with Crippen molar-refractivity contribution in [2.45, 2.75) is 50.7 Å². The Labute approximate surface area is 89.3 Å². The van der Waals surface area contributed by atoms with E-state index >= 15 is 0 Å². The number of aliphatic hydroxyl groups excluding tert-OH is 1. The van der Waals surface area contributed by atoms with Gasteiger partial charge in [-0.2, -0.15) is 0 Å². The van der Waals surface area contributed by atoms with Gasteiger partial charge < -0.3 is 24.1 Å². The zero-order valence-corrected chi connectivity index (χ0v) is 9.30. The summed E-state index contributed by atoms with van der Waals surface area (Å²) < 4.78 is 22.1. The van der Waals surface area contributed by atoms with Crippen molar-refractivity contribution in [2.24, 2.45) is 0 Å². The molecule has 4 atom stereocenters. The molecule has 0 aliphatic carbocycles. The summed E-state index contributed by atoms with van der Waals surface area (Å²) in [5, 5.41) is 9.21. The van der Waals surface area contributed by atoms with Crippen molar-refractivity contribution in [3.8, 4) is 0 Å². The van der Waals surface area contributed by atoms with Gasteiger partial charge in [-0.15, -0.1) is 0 Å². The van der Waals surface area contributed by atoms with Gasteiger partial charge in [0, 0.05) is 13.5 Å². The van der Waals surface area contributed by atoms with E-state index in [2.05, 4.69) is 0 Å². The molecule has 88 valence electrons. The van der Waals surface area contributed by atoms with Gasteiger partial charge in [0.2, 0.25) is 0 Å². The number of methoxy groups -OCH3 is 1. The average Bonchev–Trinajstić information content (AvgIpc) is 2.50. The lowest BCUT2D eigenvalue weighted by Crippen LogP contribution is -2.48. The Kier molecular flexibility index (Phi) is 3.00. The second kappa shape index (κ2) is 3.99. The van der Waals surface area contributed by atoms with Crippen LogP contribution in [0.2, 0.25) is 0 Å². The molecule has 5 heteroatoms. The Bertz CT molecular complexity index is 230. The molecule has 0 saturated carbocycles. The summed E-state index contributed by atoms with van der Waals surface area (Å²) >= 11 is 0. The van der Waals surface area contributed by atoms with E-state index < -0.39 is 5.79 Å². The minimum atomic E-state index is -0.602. The number of rotatable bonds is 2. The molecule has 0 aromatic heterocycles. The fourth-order valence-corrected chi connectivity index (χ4v) is 2.18. The van der Waals surface area contributed by atoms with Gasteiger partial charge in [0.1, 0.15) is 12.2 Å². The largest absolute Gasteiger partial charge is 0.394 e. The molecule has 0 aromatic rings. The Balaban J connectivity index is 2.09. The highest BCUT2D eigenvalue weighted by molar-refractivity contribution is 4.91. The van der Waals surface area contributed by atoms with E-state index in [9.17, 15) is 5.11 Å². The van der Waals surface area contributed by atoms with Crippen LogP contribution in [0.5, 0.6) is 0 Å². The monoisotopic (exact) mass is 218 g/mol. The van der Waals surface area contributed by atoms with Gasteiger partial charge in [0.05, 0.1) is 12.7 Å². The van der Waals surface area contributed by atoms with Gasteiger partial charge >= 0.3 is 0 Å². The van der Waals surface area contributed by atoms with Crippen LogP contribution in [-0.4, -0.2) is 49.2 Å². The zero-order valence-electron chi connectivity index (χ0n) is 9.30. The fraction of sp³-hybridized carbons (Fsp3) is 1.00. The zero-order chi connectivity index (χ0) is 11.1. The average molecular weight is 218 g/mol. The van der Waals surface area contributed by atoms with Gasteiger partial charge in [-0.3, -0.25) is 0 Å². The Morgan fingerprint density at radius 1 is 1.40 bits per heavy atom. The molecular formula is C10H18O5. The summed E-state index contributed by atoms with van der Waals surface area (Å²) in [5.41, 5.74) is 0. The topological polar surface area (TPSA) is 57.2 Å². The van der Waals surface area contributed by atoms with Gasteiger partial charge in [-0.25, -0.2) is 0 Å². The van der Waals surface area contributed by atoms with Gasteiger partial charge in [0.15, 0.2) is 12.1 Å². The molecule has 1 N–H and O–H groups in total. The molecule has 4 unspecified atom stereocenters. The van der Waals surface area contributed by atoms with E-state index in [1.54, 1.807) is 7.11 Å². The van der Waals surface area contributed by atoms with E-state index in [0.717, 1.165) is 0 Å². The first-order chi connectivity index (χ1) is 7.05. The van der Waals surface area contributed by atoms with E-state index in [1.807, 2.05) is 13.8 Å². The van der Waals surface area contributed by atoms with Crippen molar-refractivity contribution in [3.05, 3.63) is 0 Å². The van der Waals surface area contributed by atoms with Crippen LogP contribution in [0, 0.1) is 0 Å². The molecule has 2 saturated heterocycles. The molecule has 0 amide bonds. The summed E-state index contributed by atoms with van der Waals surface area (Å²) in [7, 11) is 1.58. The first-order valence-electron chi connectivity index (χ1n) is 5.20. The highest BCUT2D eigenvalue weighted by Crippen LogP contribution is 2.37. The lowest BCUT2D eigenvalue weighted by molar-refractivity contribution is -0.228. The Hall–Kier alpha value is -0.200. The Morgan fingerprint density at radius 3 is 2.73 bits per heavy atom. The summed E-state index contributed by atoms with van der Waals surface area (Å²) in [6, 6.07) is 0. The van der Waals surface area contributed by atoms with Crippen LogP contribution in [0.15, 0.2) is 0 Å². The smallest absolute Gasteiger partial charge is 0.163 e. The fourth-order valence-electron chi connectivity index (χ4n) is 2.18. The predicted octanol–water partition coefficient (Wildman–Crippen LogP) is 0.260. The molecule has 15 heavy (non-hydrogen) atoms. The van der Waals surface area contributed by atoms with Crippen molar-refractivity contribution in [2.75, 3.05) is 13.7 Å². The standard InChI is InChI=1S/C10H18O5/c1-10(2)14-6-4-8(12-3)13-7(5-11)9(6)15-10/h6-9,11H,4-5H2,1-3H3. The first kappa shape index (κ1) is 11.3. The molecule has 0 aromatic carbocycles. The highest BCUT2D eigenvalue weighted by atomic mass is 16.8. The number of fused-ring (bicyclic) bond motifs is 1. The third-order valence-electron chi connectivity index (χ3n) is 2.78. The first-order valence-corrected chi connectivity index (χ1v) is 5.20. The van der Waals surface area contributed by atoms with Gasteiger partial charge in [-0.1, -0.05) is 0 Å². The molecule has 2 heterocycles. The van der Waals surface area contributed by atoms with Crippen LogP contribution in [-0.2, 0) is 18.9 Å². The predicted molar refractivity (Wildman–Crippen MR) is 51.2 cm³/mol. The van der Waals surface area contributed by atoms with Crippen LogP contribution >= 0.6 is 0 Å². The van der Waals surface area contributed by atoms with Crippen LogP contribution in [0.1, 0.15) is 20.3 Å². The summed E-state index contributed by atoms with van der Waals surface area (Å²) in [6.45, 7) is 3.64. The maximum atomic E-state index is 9.21. The summed E-state index contributed by atoms with van der Waals surface area (Å²) in [4.78, 5) is 0. The van der Waals surface area contributed by atoms with Crippen LogP contribution in [0.4, 0.5) is 0 Å². The third-order valence-corrected chi connectivity index (χ3v) is 2.78. The molecule has 2 rings (SSSR count). The van der Waals surface area contributed by atoms with Crippen molar-refractivity contribution in [1.82, 2.24) is 0 Å².